The topological polar surface area (TPSA) is 85.3 Å². The summed E-state index contributed by atoms with van der Waals surface area (Å²) in [6, 6.07) is 13.1. The summed E-state index contributed by atoms with van der Waals surface area (Å²) in [5, 5.41) is 9.16. The fourth-order valence-electron chi connectivity index (χ4n) is 3.24. The van der Waals surface area contributed by atoms with E-state index in [1.807, 2.05) is 37.3 Å². The summed E-state index contributed by atoms with van der Waals surface area (Å²) in [6.45, 7) is 3.16. The molecule has 7 nitrogen and oxygen atoms in total. The highest BCUT2D eigenvalue weighted by molar-refractivity contribution is 5.86. The van der Waals surface area contributed by atoms with E-state index >= 15 is 0 Å². The Kier molecular flexibility index (Phi) is 6.59. The number of aryl methyl sites for hydroxylation is 1. The molecule has 0 bridgehead atoms. The third-order valence-corrected chi connectivity index (χ3v) is 4.89. The highest BCUT2D eigenvalue weighted by atomic mass is 16.5. The first-order valence-electron chi connectivity index (χ1n) is 9.46. The minimum Gasteiger partial charge on any atom is -0.497 e. The molecule has 1 atom stereocenters. The zero-order chi connectivity index (χ0) is 20.8. The number of nitrogens with zero attached hydrogens (tertiary/aromatic N) is 1. The maximum absolute atomic E-state index is 12.2. The number of carboxylic acid groups (broad SMARTS) is 1. The Morgan fingerprint density at radius 2 is 1.86 bits per heavy atom. The number of carbonyl (C=O) groups excluding carboxylic acids is 1. The number of aliphatic carboxylic acids is 1. The van der Waals surface area contributed by atoms with Crippen molar-refractivity contribution in [2.24, 2.45) is 5.92 Å². The first-order valence-corrected chi connectivity index (χ1v) is 9.46. The molecule has 0 spiro atoms. The zero-order valence-electron chi connectivity index (χ0n) is 16.6. The van der Waals surface area contributed by atoms with Crippen molar-refractivity contribution >= 4 is 11.9 Å². The summed E-state index contributed by atoms with van der Waals surface area (Å²) >= 11 is 0. The van der Waals surface area contributed by atoms with Crippen LogP contribution in [0.3, 0.4) is 0 Å². The number of methoxy groups -OCH3 is 1. The number of hydrogen-bond acceptors (Lipinski definition) is 5. The average Bonchev–Trinajstić information content (AvgIpc) is 3.08. The van der Waals surface area contributed by atoms with E-state index in [9.17, 15) is 9.59 Å². The molecule has 1 aliphatic rings. The smallest absolute Gasteiger partial charge is 0.308 e. The van der Waals surface area contributed by atoms with Gasteiger partial charge in [0, 0.05) is 31.1 Å². The summed E-state index contributed by atoms with van der Waals surface area (Å²) in [6.07, 6.45) is 0.0337. The van der Waals surface area contributed by atoms with Crippen LogP contribution in [0, 0.1) is 12.8 Å². The third kappa shape index (κ3) is 5.19. The molecule has 0 saturated carbocycles. The van der Waals surface area contributed by atoms with Gasteiger partial charge in [0.05, 0.1) is 13.0 Å². The number of amides is 1. The Bertz CT molecular complexity index is 881. The molecule has 2 aromatic rings. The van der Waals surface area contributed by atoms with Gasteiger partial charge in [-0.2, -0.15) is 0 Å². The van der Waals surface area contributed by atoms with Crippen LogP contribution in [0.25, 0.3) is 0 Å². The Labute approximate surface area is 169 Å². The highest BCUT2D eigenvalue weighted by Crippen LogP contribution is 2.28. The van der Waals surface area contributed by atoms with Crippen LogP contribution in [-0.4, -0.2) is 48.8 Å². The average molecular weight is 399 g/mol. The van der Waals surface area contributed by atoms with E-state index in [1.54, 1.807) is 24.1 Å². The number of rotatable bonds is 9. The number of para-hydroxylation sites is 1. The first kappa shape index (κ1) is 20.5. The van der Waals surface area contributed by atoms with Crippen molar-refractivity contribution in [1.82, 2.24) is 4.90 Å². The monoisotopic (exact) mass is 399 g/mol. The minimum atomic E-state index is -0.944. The summed E-state index contributed by atoms with van der Waals surface area (Å²) in [7, 11) is 1.57. The van der Waals surface area contributed by atoms with E-state index in [4.69, 9.17) is 19.3 Å². The molecule has 1 N–H and O–H groups in total. The van der Waals surface area contributed by atoms with Crippen LogP contribution in [0.5, 0.6) is 17.2 Å². The molecule has 1 aliphatic heterocycles. The Morgan fingerprint density at radius 1 is 1.14 bits per heavy atom. The predicted octanol–water partition coefficient (Wildman–Crippen LogP) is 2.89. The van der Waals surface area contributed by atoms with Crippen LogP contribution in [-0.2, 0) is 16.1 Å². The molecular formula is C22H25NO6. The molecule has 29 heavy (non-hydrogen) atoms. The maximum Gasteiger partial charge on any atom is 0.308 e. The van der Waals surface area contributed by atoms with Crippen LogP contribution >= 0.6 is 0 Å². The molecule has 1 fully saturated rings. The van der Waals surface area contributed by atoms with E-state index in [2.05, 4.69) is 0 Å². The second-order valence-corrected chi connectivity index (χ2v) is 6.95. The molecular weight excluding hydrogens is 374 g/mol. The van der Waals surface area contributed by atoms with Gasteiger partial charge in [-0.1, -0.05) is 18.2 Å². The van der Waals surface area contributed by atoms with Gasteiger partial charge in [-0.15, -0.1) is 0 Å². The molecule has 1 heterocycles. The Balaban J connectivity index is 1.63. The van der Waals surface area contributed by atoms with Crippen molar-refractivity contribution in [3.8, 4) is 17.2 Å². The Morgan fingerprint density at radius 3 is 2.52 bits per heavy atom. The first-order chi connectivity index (χ1) is 14.0. The predicted molar refractivity (Wildman–Crippen MR) is 106 cm³/mol. The molecule has 3 rings (SSSR count). The van der Waals surface area contributed by atoms with Crippen LogP contribution in [0.2, 0.25) is 0 Å². The van der Waals surface area contributed by atoms with Crippen LogP contribution in [0.1, 0.15) is 17.5 Å². The van der Waals surface area contributed by atoms with Crippen molar-refractivity contribution < 1.29 is 28.9 Å². The van der Waals surface area contributed by atoms with E-state index in [-0.39, 0.29) is 18.9 Å². The Hall–Kier alpha value is -3.22. The van der Waals surface area contributed by atoms with Gasteiger partial charge < -0.3 is 24.2 Å². The molecule has 1 amide bonds. The number of likely N-dealkylation sites (tertiary alicyclic amines) is 1. The van der Waals surface area contributed by atoms with Gasteiger partial charge in [-0.3, -0.25) is 9.59 Å². The van der Waals surface area contributed by atoms with Crippen LogP contribution in [0.4, 0.5) is 0 Å². The lowest BCUT2D eigenvalue weighted by Crippen LogP contribution is -2.26. The molecule has 0 aliphatic carbocycles. The second-order valence-electron chi connectivity index (χ2n) is 6.95. The fourth-order valence-corrected chi connectivity index (χ4v) is 3.24. The lowest BCUT2D eigenvalue weighted by atomic mass is 10.1. The van der Waals surface area contributed by atoms with Gasteiger partial charge in [0.1, 0.15) is 30.5 Å². The molecule has 7 heteroatoms. The largest absolute Gasteiger partial charge is 0.497 e. The number of carbonyl (C=O) groups is 2. The van der Waals surface area contributed by atoms with Gasteiger partial charge in [0.25, 0.3) is 0 Å². The lowest BCUT2D eigenvalue weighted by molar-refractivity contribution is -0.141. The van der Waals surface area contributed by atoms with Crippen molar-refractivity contribution in [2.45, 2.75) is 19.9 Å². The van der Waals surface area contributed by atoms with Crippen LogP contribution < -0.4 is 14.2 Å². The van der Waals surface area contributed by atoms with E-state index in [0.717, 1.165) is 16.9 Å². The molecule has 2 aromatic carbocycles. The lowest BCUT2D eigenvalue weighted by Gasteiger charge is -2.19. The molecule has 154 valence electrons. The molecule has 1 unspecified atom stereocenters. The molecule has 0 aromatic heterocycles. The van der Waals surface area contributed by atoms with Gasteiger partial charge >= 0.3 is 5.97 Å². The summed E-state index contributed by atoms with van der Waals surface area (Å²) in [4.78, 5) is 24.9. The van der Waals surface area contributed by atoms with Crippen molar-refractivity contribution in [2.75, 3.05) is 26.9 Å². The quantitative estimate of drug-likeness (QED) is 0.653. The van der Waals surface area contributed by atoms with Gasteiger partial charge in [0.15, 0.2) is 0 Å². The number of benzene rings is 2. The van der Waals surface area contributed by atoms with Gasteiger partial charge in [-0.05, 0) is 30.7 Å². The van der Waals surface area contributed by atoms with Crippen molar-refractivity contribution in [3.05, 3.63) is 53.6 Å². The van der Waals surface area contributed by atoms with E-state index < -0.39 is 11.9 Å². The van der Waals surface area contributed by atoms with E-state index in [0.29, 0.717) is 31.3 Å². The maximum atomic E-state index is 12.2. The van der Waals surface area contributed by atoms with E-state index in [1.165, 1.54) is 0 Å². The van der Waals surface area contributed by atoms with Gasteiger partial charge in [0.2, 0.25) is 5.91 Å². The fraction of sp³-hybridized carbons (Fsp3) is 0.364. The third-order valence-electron chi connectivity index (χ3n) is 4.89. The standard InChI is InChI=1S/C22H25NO6/c1-15-5-3-4-6-19(15)28-9-10-29-20-12-18(27-2)8-7-16(20)13-23-14-17(22(25)26)11-21(23)24/h3-8,12,17H,9-11,13-14H2,1-2H3,(H,25,26). The molecule has 0 radical (unpaired) electrons. The number of ether oxygens (including phenoxy) is 3. The SMILES string of the molecule is COc1ccc(CN2CC(C(=O)O)CC2=O)c(OCCOc2ccccc2C)c1. The normalized spacial score (nSPS) is 16.0. The molecule has 1 saturated heterocycles. The minimum absolute atomic E-state index is 0.0337. The summed E-state index contributed by atoms with van der Waals surface area (Å²) in [5.41, 5.74) is 1.84. The van der Waals surface area contributed by atoms with Crippen molar-refractivity contribution in [3.63, 3.8) is 0 Å². The zero-order valence-corrected chi connectivity index (χ0v) is 16.6. The van der Waals surface area contributed by atoms with Gasteiger partial charge in [-0.25, -0.2) is 0 Å². The summed E-state index contributed by atoms with van der Waals surface area (Å²) in [5.74, 6) is 0.267. The van der Waals surface area contributed by atoms with Crippen molar-refractivity contribution in [1.29, 1.82) is 0 Å². The number of hydrogen-bond donors (Lipinski definition) is 1. The van der Waals surface area contributed by atoms with Crippen LogP contribution in [0.15, 0.2) is 42.5 Å². The summed E-state index contributed by atoms with van der Waals surface area (Å²) < 4.78 is 16.9. The highest BCUT2D eigenvalue weighted by Gasteiger charge is 2.34. The second kappa shape index (κ2) is 9.32. The number of carboxylic acids is 1.